The zero-order chi connectivity index (χ0) is 18.4. The maximum absolute atomic E-state index is 12.4. The first-order chi connectivity index (χ1) is 11.8. The van der Waals surface area contributed by atoms with Crippen molar-refractivity contribution in [3.8, 4) is 11.8 Å². The summed E-state index contributed by atoms with van der Waals surface area (Å²) in [7, 11) is 0. The lowest BCUT2D eigenvalue weighted by atomic mass is 10.1. The molecule has 2 N–H and O–H groups in total. The topological polar surface area (TPSA) is 79.3 Å². The summed E-state index contributed by atoms with van der Waals surface area (Å²) >= 11 is 0. The number of alkyl halides is 3. The van der Waals surface area contributed by atoms with E-state index in [-0.39, 0.29) is 17.8 Å². The number of nitrogens with zero attached hydrogens (tertiary/aromatic N) is 1. The molecule has 1 amide bonds. The van der Waals surface area contributed by atoms with Crippen LogP contribution >= 0.6 is 0 Å². The van der Waals surface area contributed by atoms with Crippen LogP contribution in [0.5, 0.6) is 0 Å². The van der Waals surface area contributed by atoms with Crippen molar-refractivity contribution in [1.29, 1.82) is 0 Å². The van der Waals surface area contributed by atoms with Gasteiger partial charge in [-0.05, 0) is 36.4 Å². The van der Waals surface area contributed by atoms with Gasteiger partial charge >= 0.3 is 12.1 Å². The van der Waals surface area contributed by atoms with E-state index in [0.717, 1.165) is 18.3 Å². The Balaban J connectivity index is 1.91. The first-order valence-corrected chi connectivity index (χ1v) is 6.91. The fourth-order valence-electron chi connectivity index (χ4n) is 1.76. The minimum atomic E-state index is -4.40. The number of nitrogens with one attached hydrogen (secondary N) is 1. The Bertz CT molecular complexity index is 833. The molecular formula is C17H11F3N2O3. The molecule has 1 aromatic carbocycles. The Labute approximate surface area is 140 Å². The summed E-state index contributed by atoms with van der Waals surface area (Å²) in [5.41, 5.74) is -0.395. The SMILES string of the molecule is O=C(O)c1ccc(C(=O)NCC#Cc2ccc(C(F)(F)F)cc2)nc1. The number of amides is 1. The molecule has 0 saturated heterocycles. The number of pyridine rings is 1. The molecule has 0 aliphatic heterocycles. The number of benzene rings is 1. The summed E-state index contributed by atoms with van der Waals surface area (Å²) in [5, 5.41) is 11.2. The van der Waals surface area contributed by atoms with Crippen LogP contribution in [0.2, 0.25) is 0 Å². The minimum Gasteiger partial charge on any atom is -0.478 e. The molecule has 0 atom stereocenters. The normalized spacial score (nSPS) is 10.5. The quantitative estimate of drug-likeness (QED) is 0.836. The monoisotopic (exact) mass is 348 g/mol. The van der Waals surface area contributed by atoms with Gasteiger partial charge < -0.3 is 10.4 Å². The zero-order valence-electron chi connectivity index (χ0n) is 12.6. The Hall–Kier alpha value is -3.34. The van der Waals surface area contributed by atoms with Crippen LogP contribution in [0.3, 0.4) is 0 Å². The fourth-order valence-corrected chi connectivity index (χ4v) is 1.76. The molecule has 0 saturated carbocycles. The van der Waals surface area contributed by atoms with Gasteiger partial charge in [0.1, 0.15) is 5.69 Å². The third-order valence-corrected chi connectivity index (χ3v) is 3.03. The highest BCUT2D eigenvalue weighted by molar-refractivity contribution is 5.93. The molecule has 0 spiro atoms. The molecule has 8 heteroatoms. The van der Waals surface area contributed by atoms with E-state index in [2.05, 4.69) is 22.1 Å². The van der Waals surface area contributed by atoms with E-state index in [9.17, 15) is 22.8 Å². The second-order valence-corrected chi connectivity index (χ2v) is 4.80. The smallest absolute Gasteiger partial charge is 0.416 e. The number of hydrogen-bond donors (Lipinski definition) is 2. The number of aromatic carboxylic acids is 1. The third-order valence-electron chi connectivity index (χ3n) is 3.03. The Kier molecular flexibility index (Phi) is 5.39. The summed E-state index contributed by atoms with van der Waals surface area (Å²) in [6.07, 6.45) is -3.34. The number of hydrogen-bond acceptors (Lipinski definition) is 3. The van der Waals surface area contributed by atoms with Crippen LogP contribution in [-0.4, -0.2) is 28.5 Å². The molecule has 1 heterocycles. The molecule has 2 aromatic rings. The van der Waals surface area contributed by atoms with Crippen molar-refractivity contribution in [2.24, 2.45) is 0 Å². The highest BCUT2D eigenvalue weighted by Crippen LogP contribution is 2.28. The molecule has 0 radical (unpaired) electrons. The van der Waals surface area contributed by atoms with E-state index >= 15 is 0 Å². The van der Waals surface area contributed by atoms with E-state index in [1.807, 2.05) is 0 Å². The van der Waals surface area contributed by atoms with Gasteiger partial charge in [0.25, 0.3) is 5.91 Å². The van der Waals surface area contributed by atoms with Crippen LogP contribution in [0.1, 0.15) is 32.0 Å². The van der Waals surface area contributed by atoms with Gasteiger partial charge in [-0.1, -0.05) is 11.8 Å². The number of carbonyl (C=O) groups is 2. The summed E-state index contributed by atoms with van der Waals surface area (Å²) in [6, 6.07) is 6.85. The Morgan fingerprint density at radius 3 is 2.32 bits per heavy atom. The predicted octanol–water partition coefficient (Wildman–Crippen LogP) is 2.58. The lowest BCUT2D eigenvalue weighted by Crippen LogP contribution is -2.24. The van der Waals surface area contributed by atoms with Gasteiger partial charge in [-0.15, -0.1) is 0 Å². The molecule has 1 aromatic heterocycles. The largest absolute Gasteiger partial charge is 0.478 e. The third kappa shape index (κ3) is 5.07. The van der Waals surface area contributed by atoms with E-state index in [4.69, 9.17) is 5.11 Å². The summed E-state index contributed by atoms with van der Waals surface area (Å²) in [6.45, 7) is -0.0395. The van der Waals surface area contributed by atoms with Crippen LogP contribution in [-0.2, 0) is 6.18 Å². The molecule has 0 fully saturated rings. The molecular weight excluding hydrogens is 337 g/mol. The molecule has 2 rings (SSSR count). The standard InChI is InChI=1S/C17H11F3N2O3/c18-17(19,20)13-6-3-11(4-7-13)2-1-9-21-15(23)14-8-5-12(10-22-14)16(24)25/h3-8,10H,9H2,(H,21,23)(H,24,25). The van der Waals surface area contributed by atoms with Gasteiger partial charge in [0, 0.05) is 11.8 Å². The molecule has 0 aliphatic carbocycles. The maximum atomic E-state index is 12.4. The number of carboxylic acid groups (broad SMARTS) is 1. The van der Waals surface area contributed by atoms with Crippen molar-refractivity contribution >= 4 is 11.9 Å². The minimum absolute atomic E-state index is 0.0290. The summed E-state index contributed by atoms with van der Waals surface area (Å²) in [4.78, 5) is 26.2. The zero-order valence-corrected chi connectivity index (χ0v) is 12.6. The van der Waals surface area contributed by atoms with Crippen molar-refractivity contribution in [2.45, 2.75) is 6.18 Å². The second kappa shape index (κ2) is 7.49. The number of halogens is 3. The van der Waals surface area contributed by atoms with Gasteiger partial charge in [-0.25, -0.2) is 4.79 Å². The van der Waals surface area contributed by atoms with Crippen molar-refractivity contribution in [2.75, 3.05) is 6.54 Å². The van der Waals surface area contributed by atoms with Crippen LogP contribution in [0, 0.1) is 11.8 Å². The van der Waals surface area contributed by atoms with E-state index in [1.165, 1.54) is 24.3 Å². The molecule has 25 heavy (non-hydrogen) atoms. The summed E-state index contributed by atoms with van der Waals surface area (Å²) in [5.74, 6) is 3.54. The van der Waals surface area contributed by atoms with Gasteiger partial charge in [0.15, 0.2) is 0 Å². The second-order valence-electron chi connectivity index (χ2n) is 4.80. The lowest BCUT2D eigenvalue weighted by Gasteiger charge is -2.05. The average Bonchev–Trinajstić information content (AvgIpc) is 2.58. The maximum Gasteiger partial charge on any atom is 0.416 e. The van der Waals surface area contributed by atoms with Crippen molar-refractivity contribution < 1.29 is 27.9 Å². The van der Waals surface area contributed by atoms with Crippen molar-refractivity contribution in [1.82, 2.24) is 10.3 Å². The predicted molar refractivity (Wildman–Crippen MR) is 81.9 cm³/mol. The lowest BCUT2D eigenvalue weighted by molar-refractivity contribution is -0.137. The average molecular weight is 348 g/mol. The number of carbonyl (C=O) groups excluding carboxylic acids is 1. The molecule has 0 unspecified atom stereocenters. The first kappa shape index (κ1) is 18.0. The number of carboxylic acids is 1. The fraction of sp³-hybridized carbons (Fsp3) is 0.118. The van der Waals surface area contributed by atoms with Crippen LogP contribution in [0.25, 0.3) is 0 Å². The Morgan fingerprint density at radius 2 is 1.80 bits per heavy atom. The van der Waals surface area contributed by atoms with E-state index < -0.39 is 23.6 Å². The van der Waals surface area contributed by atoms with E-state index in [1.54, 1.807) is 0 Å². The molecule has 5 nitrogen and oxygen atoms in total. The Morgan fingerprint density at radius 1 is 1.12 bits per heavy atom. The number of rotatable bonds is 3. The van der Waals surface area contributed by atoms with Crippen LogP contribution < -0.4 is 5.32 Å². The van der Waals surface area contributed by atoms with Crippen LogP contribution in [0.15, 0.2) is 42.6 Å². The molecule has 0 bridgehead atoms. The van der Waals surface area contributed by atoms with Gasteiger partial charge in [0.05, 0.1) is 17.7 Å². The molecule has 0 aliphatic rings. The molecule has 128 valence electrons. The first-order valence-electron chi connectivity index (χ1n) is 6.91. The van der Waals surface area contributed by atoms with E-state index in [0.29, 0.717) is 5.56 Å². The van der Waals surface area contributed by atoms with Gasteiger partial charge in [-0.3, -0.25) is 9.78 Å². The van der Waals surface area contributed by atoms with Gasteiger partial charge in [-0.2, -0.15) is 13.2 Å². The van der Waals surface area contributed by atoms with Gasteiger partial charge in [0.2, 0.25) is 0 Å². The summed E-state index contributed by atoms with van der Waals surface area (Å²) < 4.78 is 37.3. The number of aromatic nitrogens is 1. The highest BCUT2D eigenvalue weighted by atomic mass is 19.4. The van der Waals surface area contributed by atoms with Crippen LogP contribution in [0.4, 0.5) is 13.2 Å². The highest BCUT2D eigenvalue weighted by Gasteiger charge is 2.29. The van der Waals surface area contributed by atoms with Crippen molar-refractivity contribution in [3.63, 3.8) is 0 Å². The van der Waals surface area contributed by atoms with Crippen molar-refractivity contribution in [3.05, 3.63) is 65.0 Å².